The average Bonchev–Trinajstić information content (AvgIpc) is 2.99. The van der Waals surface area contributed by atoms with Gasteiger partial charge < -0.3 is 5.11 Å². The summed E-state index contributed by atoms with van der Waals surface area (Å²) in [7, 11) is 0. The van der Waals surface area contributed by atoms with E-state index >= 15 is 0 Å². The molecule has 0 bridgehead atoms. The van der Waals surface area contributed by atoms with E-state index in [0.717, 1.165) is 41.8 Å². The van der Waals surface area contributed by atoms with Crippen LogP contribution >= 0.6 is 11.8 Å². The Bertz CT molecular complexity index is 610. The lowest BCUT2D eigenvalue weighted by Crippen LogP contribution is -2.45. The van der Waals surface area contributed by atoms with Crippen LogP contribution in [0, 0.1) is 34.5 Å². The van der Waals surface area contributed by atoms with E-state index in [2.05, 4.69) is 46.4 Å². The van der Waals surface area contributed by atoms with Gasteiger partial charge in [0.2, 0.25) is 0 Å². The fourth-order valence-corrected chi connectivity index (χ4v) is 9.08. The maximum absolute atomic E-state index is 10.2. The van der Waals surface area contributed by atoms with Crippen molar-refractivity contribution in [1.29, 1.82) is 0 Å². The molecule has 2 saturated carbocycles. The number of fused-ring (bicyclic) bond motifs is 4. The third-order valence-corrected chi connectivity index (χ3v) is 10.9. The normalized spacial score (nSPS) is 44.2. The maximum atomic E-state index is 10.2. The van der Waals surface area contributed by atoms with Crippen LogP contribution in [-0.4, -0.2) is 22.2 Å². The van der Waals surface area contributed by atoms with Gasteiger partial charge in [-0.15, -0.1) is 0 Å². The summed E-state index contributed by atoms with van der Waals surface area (Å²) in [6.45, 7) is 12.5. The van der Waals surface area contributed by atoms with E-state index < -0.39 is 0 Å². The van der Waals surface area contributed by atoms with E-state index in [-0.39, 0.29) is 6.10 Å². The molecule has 0 amide bonds. The Morgan fingerprint density at radius 1 is 1.04 bits per heavy atom. The summed E-state index contributed by atoms with van der Waals surface area (Å²) in [4.78, 5) is 0. The van der Waals surface area contributed by atoms with Gasteiger partial charge in [-0.25, -0.2) is 0 Å². The number of thioether (sulfide) groups is 1. The Morgan fingerprint density at radius 3 is 2.57 bits per heavy atom. The quantitative estimate of drug-likeness (QED) is 0.487. The highest BCUT2D eigenvalue weighted by Gasteiger charge is 2.55. The molecule has 2 heteroatoms. The first kappa shape index (κ1) is 21.3. The van der Waals surface area contributed by atoms with Crippen LogP contribution in [-0.2, 0) is 0 Å². The van der Waals surface area contributed by atoms with Gasteiger partial charge in [-0.1, -0.05) is 45.8 Å². The third-order valence-electron chi connectivity index (χ3n) is 9.75. The predicted molar refractivity (Wildman–Crippen MR) is 123 cm³/mol. The second kappa shape index (κ2) is 7.95. The van der Waals surface area contributed by atoms with Gasteiger partial charge in [-0.3, -0.25) is 0 Å². The van der Waals surface area contributed by atoms with Crippen LogP contribution in [0.1, 0.15) is 98.8 Å². The monoisotopic (exact) mass is 404 g/mol. The van der Waals surface area contributed by atoms with Crippen molar-refractivity contribution < 1.29 is 5.11 Å². The summed E-state index contributed by atoms with van der Waals surface area (Å²) in [6.07, 6.45) is 13.1. The SMILES string of the molecule is CC(C)SCCC(C)C1CCC2C3=C(CCC21C)C1(C)CCC(O)CC1CC3. The summed E-state index contributed by atoms with van der Waals surface area (Å²) < 4.78 is 0. The second-order valence-electron chi connectivity index (χ2n) is 11.5. The number of aliphatic hydroxyl groups is 1. The zero-order valence-corrected chi connectivity index (χ0v) is 19.9. The van der Waals surface area contributed by atoms with E-state index in [9.17, 15) is 5.11 Å². The zero-order chi connectivity index (χ0) is 20.1. The van der Waals surface area contributed by atoms with Crippen molar-refractivity contribution in [2.75, 3.05) is 5.75 Å². The maximum Gasteiger partial charge on any atom is 0.0543 e. The van der Waals surface area contributed by atoms with Crippen molar-refractivity contribution >= 4 is 11.8 Å². The van der Waals surface area contributed by atoms with Crippen LogP contribution < -0.4 is 0 Å². The lowest BCUT2D eigenvalue weighted by molar-refractivity contribution is 0.0134. The summed E-state index contributed by atoms with van der Waals surface area (Å²) in [5, 5.41) is 11.0. The molecule has 4 rings (SSSR count). The molecule has 28 heavy (non-hydrogen) atoms. The smallest absolute Gasteiger partial charge is 0.0543 e. The highest BCUT2D eigenvalue weighted by molar-refractivity contribution is 7.99. The van der Waals surface area contributed by atoms with Crippen molar-refractivity contribution in [2.24, 2.45) is 34.5 Å². The summed E-state index contributed by atoms with van der Waals surface area (Å²) in [5.41, 5.74) is 4.75. The van der Waals surface area contributed by atoms with Crippen molar-refractivity contribution in [1.82, 2.24) is 0 Å². The van der Waals surface area contributed by atoms with Crippen molar-refractivity contribution in [3.63, 3.8) is 0 Å². The highest BCUT2D eigenvalue weighted by atomic mass is 32.2. The van der Waals surface area contributed by atoms with Gasteiger partial charge in [0.15, 0.2) is 0 Å². The Labute approximate surface area is 178 Å². The van der Waals surface area contributed by atoms with Gasteiger partial charge >= 0.3 is 0 Å². The van der Waals surface area contributed by atoms with Crippen LogP contribution in [0.3, 0.4) is 0 Å². The molecule has 0 heterocycles. The van der Waals surface area contributed by atoms with E-state index in [4.69, 9.17) is 0 Å². The number of hydrogen-bond acceptors (Lipinski definition) is 2. The Morgan fingerprint density at radius 2 is 1.82 bits per heavy atom. The van der Waals surface area contributed by atoms with E-state index in [1.165, 1.54) is 57.1 Å². The van der Waals surface area contributed by atoms with Gasteiger partial charge in [0, 0.05) is 0 Å². The Hall–Kier alpha value is 0.0500. The topological polar surface area (TPSA) is 20.2 Å². The molecule has 160 valence electrons. The zero-order valence-electron chi connectivity index (χ0n) is 19.1. The molecule has 0 aliphatic heterocycles. The summed E-state index contributed by atoms with van der Waals surface area (Å²) >= 11 is 2.15. The number of aliphatic hydroxyl groups excluding tert-OH is 1. The molecular formula is C26H44OS. The van der Waals surface area contributed by atoms with Gasteiger partial charge in [-0.2, -0.15) is 11.8 Å². The standard InChI is InChI=1S/C26H44OS/c1-17(2)28-15-12-18(3)22-8-9-23-21-7-6-19-16-20(27)10-13-25(19,4)24(21)11-14-26(22,23)5/h17-20,22-23,27H,6-16H2,1-5H3. The molecule has 4 aliphatic carbocycles. The minimum absolute atomic E-state index is 0.0329. The minimum Gasteiger partial charge on any atom is -0.393 e. The highest BCUT2D eigenvalue weighted by Crippen LogP contribution is 2.65. The average molecular weight is 405 g/mol. The van der Waals surface area contributed by atoms with Gasteiger partial charge in [0.25, 0.3) is 0 Å². The largest absolute Gasteiger partial charge is 0.393 e. The van der Waals surface area contributed by atoms with Crippen LogP contribution in [0.4, 0.5) is 0 Å². The van der Waals surface area contributed by atoms with Crippen molar-refractivity contribution in [2.45, 2.75) is 110 Å². The van der Waals surface area contributed by atoms with Crippen molar-refractivity contribution in [3.05, 3.63) is 11.1 Å². The van der Waals surface area contributed by atoms with Crippen LogP contribution in [0.15, 0.2) is 11.1 Å². The van der Waals surface area contributed by atoms with E-state index in [1.54, 1.807) is 0 Å². The molecule has 7 unspecified atom stereocenters. The van der Waals surface area contributed by atoms with Crippen LogP contribution in [0.2, 0.25) is 0 Å². The number of allylic oxidation sites excluding steroid dienone is 2. The Kier molecular flexibility index (Phi) is 6.04. The number of hydrogen-bond donors (Lipinski definition) is 1. The molecule has 4 aliphatic rings. The lowest BCUT2D eigenvalue weighted by Gasteiger charge is -2.55. The molecule has 0 aromatic carbocycles. The molecule has 0 radical (unpaired) electrons. The van der Waals surface area contributed by atoms with Gasteiger partial charge in [0.1, 0.15) is 0 Å². The molecule has 1 N–H and O–H groups in total. The molecule has 0 saturated heterocycles. The van der Waals surface area contributed by atoms with Gasteiger partial charge in [0.05, 0.1) is 6.10 Å². The molecule has 0 aromatic rings. The van der Waals surface area contributed by atoms with Crippen LogP contribution in [0.25, 0.3) is 0 Å². The fraction of sp³-hybridized carbons (Fsp3) is 0.923. The van der Waals surface area contributed by atoms with Gasteiger partial charge in [-0.05, 0) is 110 Å². The van der Waals surface area contributed by atoms with Crippen molar-refractivity contribution in [3.8, 4) is 0 Å². The number of rotatable bonds is 5. The molecular weight excluding hydrogens is 360 g/mol. The second-order valence-corrected chi connectivity index (χ2v) is 13.2. The Balaban J connectivity index is 1.52. The molecule has 7 atom stereocenters. The van der Waals surface area contributed by atoms with Crippen LogP contribution in [0.5, 0.6) is 0 Å². The lowest BCUT2D eigenvalue weighted by atomic mass is 9.50. The third kappa shape index (κ3) is 3.53. The fourth-order valence-electron chi connectivity index (χ4n) is 8.10. The minimum atomic E-state index is -0.0329. The van der Waals surface area contributed by atoms with E-state index in [0.29, 0.717) is 10.8 Å². The first-order chi connectivity index (χ1) is 13.3. The molecule has 2 fully saturated rings. The molecule has 0 spiro atoms. The van der Waals surface area contributed by atoms with E-state index in [1.807, 2.05) is 11.1 Å². The summed E-state index contributed by atoms with van der Waals surface area (Å²) in [5.74, 6) is 4.75. The first-order valence-corrected chi connectivity index (χ1v) is 13.3. The first-order valence-electron chi connectivity index (χ1n) is 12.3. The predicted octanol–water partition coefficient (Wildman–Crippen LogP) is 7.24. The summed E-state index contributed by atoms with van der Waals surface area (Å²) in [6, 6.07) is 0. The molecule has 1 nitrogen and oxygen atoms in total. The molecule has 0 aromatic heterocycles.